The van der Waals surface area contributed by atoms with Crippen molar-refractivity contribution in [3.63, 3.8) is 0 Å². The molecule has 0 bridgehead atoms. The van der Waals surface area contributed by atoms with E-state index in [1.165, 1.54) is 14.0 Å². The van der Waals surface area contributed by atoms with E-state index >= 15 is 0 Å². The lowest BCUT2D eigenvalue weighted by Crippen LogP contribution is -2.71. The zero-order valence-corrected chi connectivity index (χ0v) is 36.1. The lowest BCUT2D eigenvalue weighted by Gasteiger charge is -2.51. The van der Waals surface area contributed by atoms with E-state index in [2.05, 4.69) is 16.0 Å². The molecule has 28 heteroatoms. The number of methoxy groups -OCH3 is 1. The summed E-state index contributed by atoms with van der Waals surface area (Å²) >= 11 is 0. The Morgan fingerprint density at radius 2 is 0.938 bits per heavy atom. The van der Waals surface area contributed by atoms with Crippen molar-refractivity contribution in [3.05, 3.63) is 0 Å². The summed E-state index contributed by atoms with van der Waals surface area (Å²) in [5.41, 5.74) is 6.02. The Kier molecular flexibility index (Phi) is 19.1. The van der Waals surface area contributed by atoms with E-state index in [4.69, 9.17) is 53.1 Å². The van der Waals surface area contributed by atoms with E-state index in [0.29, 0.717) is 0 Å². The van der Waals surface area contributed by atoms with Gasteiger partial charge < -0.3 is 125 Å². The molecule has 0 saturated carbocycles. The molecular weight excluding hydrogens is 884 g/mol. The maximum atomic E-state index is 12.6. The smallest absolute Gasteiger partial charge is 0.217 e. The third kappa shape index (κ3) is 12.0. The van der Waals surface area contributed by atoms with Crippen LogP contribution in [-0.2, 0) is 61.8 Å². The van der Waals surface area contributed by atoms with Crippen LogP contribution in [0.3, 0.4) is 0 Å². The van der Waals surface area contributed by atoms with Crippen molar-refractivity contribution in [1.29, 1.82) is 0 Å². The molecule has 3 amide bonds. The highest BCUT2D eigenvalue weighted by Crippen LogP contribution is 2.35. The van der Waals surface area contributed by atoms with Crippen LogP contribution in [0.1, 0.15) is 27.7 Å². The van der Waals surface area contributed by atoms with Crippen molar-refractivity contribution in [3.8, 4) is 0 Å². The van der Waals surface area contributed by atoms with Gasteiger partial charge in [-0.15, -0.1) is 0 Å². The monoisotopic (exact) mass is 948 g/mol. The van der Waals surface area contributed by atoms with Crippen molar-refractivity contribution in [2.75, 3.05) is 33.5 Å². The summed E-state index contributed by atoms with van der Waals surface area (Å²) in [7, 11) is 1.23. The molecule has 16 N–H and O–H groups in total. The van der Waals surface area contributed by atoms with Gasteiger partial charge in [-0.3, -0.25) is 14.4 Å². The number of nitrogens with one attached hydrogen (secondary N) is 3. The van der Waals surface area contributed by atoms with Crippen LogP contribution in [0.15, 0.2) is 0 Å². The van der Waals surface area contributed by atoms with E-state index in [1.807, 2.05) is 0 Å². The SMILES string of the molecule is CO[C@@H]1[C@H](OC[C@H]2OC(O)[C@H](NC(C)=O)[C@@H](O)[C@@H]2O[C@@H]2O[C@H](CO)[C@@H](O[C@@H]3O[C@H](CO)[C@@H](O[C@@H]4O[C@H](CO)[C@@H](O)[C@H](O)[C@H]4N)[C@H](O)[C@H]3NC(C)=O)[C@H](O)[C@H]2NC(C)=O)O[C@@H](C)[C@@H](O)[C@H]1O. The Bertz CT molecular complexity index is 1560. The van der Waals surface area contributed by atoms with Gasteiger partial charge in [0.1, 0.15) is 110 Å². The maximum Gasteiger partial charge on any atom is 0.217 e. The quantitative estimate of drug-likeness (QED) is 0.0683. The van der Waals surface area contributed by atoms with Crippen molar-refractivity contribution in [1.82, 2.24) is 16.0 Å². The minimum absolute atomic E-state index is 0.590. The minimum Gasteiger partial charge on any atom is -0.394 e. The summed E-state index contributed by atoms with van der Waals surface area (Å²) in [6, 6.07) is -6.24. The predicted octanol–water partition coefficient (Wildman–Crippen LogP) is -9.85. The van der Waals surface area contributed by atoms with Gasteiger partial charge in [0.25, 0.3) is 0 Å². The first-order valence-corrected chi connectivity index (χ1v) is 20.9. The number of aliphatic hydroxyl groups excluding tert-OH is 11. The van der Waals surface area contributed by atoms with Crippen LogP contribution in [0.2, 0.25) is 0 Å². The molecule has 0 aromatic rings. The van der Waals surface area contributed by atoms with E-state index in [-0.39, 0.29) is 0 Å². The molecule has 28 nitrogen and oxygen atoms in total. The summed E-state index contributed by atoms with van der Waals surface area (Å²) in [6.45, 7) is 1.51. The normalized spacial score (nSPS) is 47.1. The molecule has 5 heterocycles. The van der Waals surface area contributed by atoms with Gasteiger partial charge in [0.05, 0.1) is 38.6 Å². The van der Waals surface area contributed by atoms with Gasteiger partial charge >= 0.3 is 0 Å². The highest BCUT2D eigenvalue weighted by molar-refractivity contribution is 5.74. The second-order valence-corrected chi connectivity index (χ2v) is 16.5. The zero-order valence-electron chi connectivity index (χ0n) is 36.1. The van der Waals surface area contributed by atoms with Gasteiger partial charge in [-0.05, 0) is 6.92 Å². The second-order valence-electron chi connectivity index (χ2n) is 16.5. The van der Waals surface area contributed by atoms with Crippen LogP contribution in [0.25, 0.3) is 0 Å². The molecule has 376 valence electrons. The van der Waals surface area contributed by atoms with Crippen LogP contribution in [0, 0.1) is 0 Å². The summed E-state index contributed by atoms with van der Waals surface area (Å²) in [5, 5.41) is 125. The first-order chi connectivity index (χ1) is 30.7. The molecule has 5 rings (SSSR count). The molecule has 5 aliphatic heterocycles. The predicted molar refractivity (Wildman–Crippen MR) is 207 cm³/mol. The second kappa shape index (κ2) is 23.2. The van der Waals surface area contributed by atoms with E-state index in [9.17, 15) is 70.6 Å². The van der Waals surface area contributed by atoms with Crippen LogP contribution >= 0.6 is 0 Å². The van der Waals surface area contributed by atoms with Gasteiger partial charge in [-0.1, -0.05) is 0 Å². The topological polar surface area (TPSA) is 428 Å². The largest absolute Gasteiger partial charge is 0.394 e. The van der Waals surface area contributed by atoms with Crippen molar-refractivity contribution < 1.29 is 118 Å². The molecule has 0 radical (unpaired) electrons. The number of carbonyl (C=O) groups is 3. The minimum atomic E-state index is -1.94. The molecule has 0 spiro atoms. The fraction of sp³-hybridized carbons (Fsp3) is 0.919. The number of hydrogen-bond donors (Lipinski definition) is 15. The summed E-state index contributed by atoms with van der Waals surface area (Å²) < 4.78 is 58.1. The molecule has 5 saturated heterocycles. The van der Waals surface area contributed by atoms with Gasteiger partial charge in [-0.25, -0.2) is 0 Å². The van der Waals surface area contributed by atoms with Crippen molar-refractivity contribution in [2.24, 2.45) is 5.73 Å². The number of hydrogen-bond acceptors (Lipinski definition) is 25. The third-order valence-electron chi connectivity index (χ3n) is 11.8. The molecule has 5 fully saturated rings. The third-order valence-corrected chi connectivity index (χ3v) is 11.8. The van der Waals surface area contributed by atoms with Gasteiger partial charge in [0.2, 0.25) is 17.7 Å². The fourth-order valence-corrected chi connectivity index (χ4v) is 8.37. The number of rotatable bonds is 16. The average Bonchev–Trinajstić information content (AvgIpc) is 3.25. The van der Waals surface area contributed by atoms with Crippen LogP contribution in [0.5, 0.6) is 0 Å². The molecular formula is C37H64N4O24. The Balaban J connectivity index is 1.39. The average molecular weight is 949 g/mol. The summed E-state index contributed by atoms with van der Waals surface area (Å²) in [4.78, 5) is 37.2. The number of ether oxygens (including phenoxy) is 10. The van der Waals surface area contributed by atoms with Gasteiger partial charge in [0.15, 0.2) is 31.5 Å². The Morgan fingerprint density at radius 1 is 0.508 bits per heavy atom. The van der Waals surface area contributed by atoms with Crippen molar-refractivity contribution in [2.45, 2.75) is 181 Å². The Hall–Kier alpha value is -2.47. The van der Waals surface area contributed by atoms with E-state index in [0.717, 1.165) is 20.8 Å². The van der Waals surface area contributed by atoms with Crippen LogP contribution in [-0.4, -0.2) is 261 Å². The lowest BCUT2D eigenvalue weighted by atomic mass is 9.93. The van der Waals surface area contributed by atoms with Gasteiger partial charge in [0, 0.05) is 27.9 Å². The zero-order chi connectivity index (χ0) is 48.2. The standard InChI is InChI=1S/C37H64N4O24/c1-10-22(48)28(54)32(56-5)37(58-10)57-9-17-31(25(51)19(33(55)59-17)39-11(2)45)65-36-21(41-13(4)47)27(53)30(16(8-44)62-36)64-35-20(40-12(3)46)26(52)29(15(7-43)61-35)63-34-18(38)24(50)23(49)14(6-42)60-34/h10,14-37,42-44,48-55H,6-9,38H2,1-5H3,(H,39,45)(H,40,46)(H,41,47)/t10-,14+,15+,16+,17+,18+,19+,20+,21+,22+,23+,24+,25+,26+,27+,28+,29+,30+,31+,32-,33?,34-,35-,36-,37+/m0/s1. The maximum absolute atomic E-state index is 12.6. The Morgan fingerprint density at radius 3 is 1.40 bits per heavy atom. The van der Waals surface area contributed by atoms with E-state index in [1.54, 1.807) is 0 Å². The Labute approximate surface area is 371 Å². The number of amides is 3. The lowest BCUT2D eigenvalue weighted by molar-refractivity contribution is -0.364. The number of nitrogens with two attached hydrogens (primary N) is 1. The molecule has 25 atom stereocenters. The molecule has 0 aromatic heterocycles. The van der Waals surface area contributed by atoms with Crippen LogP contribution < -0.4 is 21.7 Å². The summed E-state index contributed by atoms with van der Waals surface area (Å²) in [6.07, 6.45) is -33.3. The van der Waals surface area contributed by atoms with Crippen molar-refractivity contribution >= 4 is 17.7 Å². The molecule has 1 unspecified atom stereocenters. The van der Waals surface area contributed by atoms with Crippen LogP contribution in [0.4, 0.5) is 0 Å². The number of aliphatic hydroxyl groups is 11. The number of carbonyl (C=O) groups excluding carboxylic acids is 3. The first-order valence-electron chi connectivity index (χ1n) is 20.9. The van der Waals surface area contributed by atoms with Gasteiger partial charge in [-0.2, -0.15) is 0 Å². The van der Waals surface area contributed by atoms with E-state index < -0.39 is 197 Å². The highest BCUT2D eigenvalue weighted by Gasteiger charge is 2.56. The molecule has 0 aliphatic carbocycles. The molecule has 5 aliphatic rings. The summed E-state index contributed by atoms with van der Waals surface area (Å²) in [5.74, 6) is -2.20. The highest BCUT2D eigenvalue weighted by atomic mass is 16.8. The fourth-order valence-electron chi connectivity index (χ4n) is 8.37. The first kappa shape index (κ1) is 53.5. The molecule has 0 aromatic carbocycles. The molecule has 65 heavy (non-hydrogen) atoms.